The number of hydrogen-bond donors (Lipinski definition) is 4. The molecule has 0 rings (SSSR count). The highest BCUT2D eigenvalue weighted by Crippen LogP contribution is 2.04. The molecule has 0 aliphatic carbocycles. The summed E-state index contributed by atoms with van der Waals surface area (Å²) < 4.78 is 10.5. The van der Waals surface area contributed by atoms with Gasteiger partial charge in [-0.3, -0.25) is 0 Å². The van der Waals surface area contributed by atoms with Crippen molar-refractivity contribution in [3.05, 3.63) is 0 Å². The summed E-state index contributed by atoms with van der Waals surface area (Å²) >= 11 is 12.9. The Morgan fingerprint density at radius 1 is 1.18 bits per heavy atom. The van der Waals surface area contributed by atoms with E-state index in [0.29, 0.717) is 0 Å². The fraction of sp³-hybridized carbons (Fsp3) is 1.00. The average molecular weight is 271 g/mol. The molecule has 0 saturated heterocycles. The molecular weight excluding hydrogens is 256 g/mol. The molecule has 0 saturated carbocycles. The molecule has 0 aliphatic rings. The van der Waals surface area contributed by atoms with Crippen molar-refractivity contribution in [1.29, 1.82) is 0 Å². The summed E-state index contributed by atoms with van der Waals surface area (Å²) in [5.41, 5.74) is 0. The number of rotatable bonds is 3. The zero-order chi connectivity index (χ0) is 9.70. The summed E-state index contributed by atoms with van der Waals surface area (Å²) in [6.07, 6.45) is 0. The van der Waals surface area contributed by atoms with Gasteiger partial charge < -0.3 is 0 Å². The lowest BCUT2D eigenvalue weighted by molar-refractivity contribution is 0.692. The minimum absolute atomic E-state index is 0.610. The van der Waals surface area contributed by atoms with Crippen LogP contribution in [0.3, 0.4) is 0 Å². The van der Waals surface area contributed by atoms with Crippen molar-refractivity contribution in [1.82, 2.24) is 0 Å². The minimum atomic E-state index is -0.610. The van der Waals surface area contributed by atoms with Gasteiger partial charge in [0.2, 0.25) is 0 Å². The van der Waals surface area contributed by atoms with Crippen LogP contribution in [-0.2, 0) is 9.83 Å². The fourth-order valence-electron chi connectivity index (χ4n) is 0.215. The van der Waals surface area contributed by atoms with Gasteiger partial charge in [0.25, 0.3) is 0 Å². The second-order valence-corrected chi connectivity index (χ2v) is 4.82. The van der Waals surface area contributed by atoms with E-state index in [1.54, 1.807) is 0 Å². The maximum Gasteiger partial charge on any atom is 0.0800 e. The van der Waals surface area contributed by atoms with Crippen LogP contribution in [0.1, 0.15) is 13.8 Å². The normalized spacial score (nSPS) is 10.0. The Labute approximate surface area is 96.2 Å². The first-order valence-corrected chi connectivity index (χ1v) is 8.75. The predicted molar refractivity (Wildman–Crippen MR) is 72.8 cm³/mol. The molecule has 11 heavy (non-hydrogen) atoms. The molecule has 0 spiro atoms. The first kappa shape index (κ1) is 18.6. The molecule has 0 aliphatic heterocycles. The molecule has 0 heterocycles. The zero-order valence-electron chi connectivity index (χ0n) is 6.43. The second-order valence-electron chi connectivity index (χ2n) is 0.999. The van der Waals surface area contributed by atoms with Crippen LogP contribution in [0.4, 0.5) is 0 Å². The Bertz CT molecular complexity index is 67.6. The SMILES string of the molecule is CCSS(=O)CC.SS.SS. The molecule has 0 aromatic carbocycles. The smallest absolute Gasteiger partial charge is 0.0800 e. The molecule has 0 aromatic rings. The molecule has 0 N–H and O–H groups in total. The minimum Gasteiger partial charge on any atom is -0.248 e. The second kappa shape index (κ2) is 22.7. The lowest BCUT2D eigenvalue weighted by Gasteiger charge is -1.88. The van der Waals surface area contributed by atoms with Gasteiger partial charge in [-0.05, 0) is 0 Å². The molecule has 0 radical (unpaired) electrons. The van der Waals surface area contributed by atoms with Crippen molar-refractivity contribution in [2.24, 2.45) is 0 Å². The van der Waals surface area contributed by atoms with E-state index < -0.39 is 9.83 Å². The Morgan fingerprint density at radius 3 is 1.64 bits per heavy atom. The van der Waals surface area contributed by atoms with E-state index in [9.17, 15) is 4.21 Å². The Balaban J connectivity index is -0.000000138. The van der Waals surface area contributed by atoms with Gasteiger partial charge in [0.15, 0.2) is 0 Å². The van der Waals surface area contributed by atoms with Crippen LogP contribution in [0.25, 0.3) is 0 Å². The van der Waals surface area contributed by atoms with Gasteiger partial charge in [0, 0.05) is 11.5 Å². The first-order valence-electron chi connectivity index (χ1n) is 2.72. The van der Waals surface area contributed by atoms with Crippen LogP contribution < -0.4 is 0 Å². The molecule has 0 aromatic heterocycles. The molecule has 1 unspecified atom stereocenters. The molecule has 1 nitrogen and oxygen atoms in total. The van der Waals surface area contributed by atoms with Crippen LogP contribution in [0, 0.1) is 0 Å². The van der Waals surface area contributed by atoms with Crippen LogP contribution in [0.2, 0.25) is 0 Å². The standard InChI is InChI=1S/C4H10OS2.2H2S2/c1-3-6-7(5)4-2;2*1-2/h3-4H2,1-2H3;2*1-2H. The van der Waals surface area contributed by atoms with Crippen molar-refractivity contribution in [3.63, 3.8) is 0 Å². The average Bonchev–Trinajstić information content (AvgIpc) is 2.12. The summed E-state index contributed by atoms with van der Waals surface area (Å²) in [6.45, 7) is 3.94. The van der Waals surface area contributed by atoms with Gasteiger partial charge in [0.1, 0.15) is 0 Å². The van der Waals surface area contributed by atoms with Crippen LogP contribution in [-0.4, -0.2) is 15.7 Å². The Hall–Kier alpha value is 1.90. The first-order chi connectivity index (χ1) is 5.31. The van der Waals surface area contributed by atoms with E-state index in [4.69, 9.17) is 0 Å². The molecule has 72 valence electrons. The molecule has 0 amide bonds. The highest BCUT2D eigenvalue weighted by Gasteiger charge is 1.89. The van der Waals surface area contributed by atoms with Gasteiger partial charge in [0.05, 0.1) is 9.83 Å². The molecule has 0 bridgehead atoms. The van der Waals surface area contributed by atoms with Crippen molar-refractivity contribution >= 4 is 67.3 Å². The van der Waals surface area contributed by atoms with Crippen molar-refractivity contribution in [2.45, 2.75) is 13.8 Å². The van der Waals surface area contributed by atoms with Crippen molar-refractivity contribution in [3.8, 4) is 0 Å². The third-order valence-electron chi connectivity index (χ3n) is 0.485. The lowest BCUT2D eigenvalue weighted by atomic mass is 11.0. The monoisotopic (exact) mass is 270 g/mol. The molecular formula is C4H14OS6. The molecule has 7 heteroatoms. The van der Waals surface area contributed by atoms with Crippen molar-refractivity contribution in [2.75, 3.05) is 11.5 Å². The maximum absolute atomic E-state index is 10.5. The lowest BCUT2D eigenvalue weighted by Crippen LogP contribution is -1.84. The summed E-state index contributed by atoms with van der Waals surface area (Å²) in [5, 5.41) is 0. The Kier molecular flexibility index (Phi) is 38.4. The summed E-state index contributed by atoms with van der Waals surface area (Å²) in [5.74, 6) is 1.74. The van der Waals surface area contributed by atoms with Gasteiger partial charge in [-0.15, -0.1) is 46.6 Å². The van der Waals surface area contributed by atoms with E-state index in [0.717, 1.165) is 11.5 Å². The highest BCUT2D eigenvalue weighted by molar-refractivity contribution is 8.69. The quantitative estimate of drug-likeness (QED) is 0.466. The van der Waals surface area contributed by atoms with Gasteiger partial charge in [-0.2, -0.15) is 0 Å². The van der Waals surface area contributed by atoms with Gasteiger partial charge in [-0.1, -0.05) is 24.6 Å². The van der Waals surface area contributed by atoms with E-state index in [1.807, 2.05) is 13.8 Å². The molecule has 0 fully saturated rings. The third kappa shape index (κ3) is 24.5. The topological polar surface area (TPSA) is 17.1 Å². The summed E-state index contributed by atoms with van der Waals surface area (Å²) in [4.78, 5) is 0. The zero-order valence-corrected chi connectivity index (χ0v) is 11.6. The number of hydrogen-bond acceptors (Lipinski definition) is 6. The van der Waals surface area contributed by atoms with Crippen molar-refractivity contribution < 1.29 is 4.21 Å². The van der Waals surface area contributed by atoms with Crippen LogP contribution >= 0.6 is 57.4 Å². The van der Waals surface area contributed by atoms with Crippen LogP contribution in [0.15, 0.2) is 0 Å². The predicted octanol–water partition coefficient (Wildman–Crippen LogP) is 2.95. The summed E-state index contributed by atoms with van der Waals surface area (Å²) in [6, 6.07) is 0. The van der Waals surface area contributed by atoms with E-state index in [2.05, 4.69) is 46.6 Å². The fourth-order valence-corrected chi connectivity index (χ4v) is 1.93. The third-order valence-corrected chi connectivity index (χ3v) is 3.66. The highest BCUT2D eigenvalue weighted by atomic mass is 33.1. The molecule has 1 atom stereocenters. The summed E-state index contributed by atoms with van der Waals surface area (Å²) in [7, 11) is 0.893. The van der Waals surface area contributed by atoms with Crippen LogP contribution in [0.5, 0.6) is 0 Å². The van der Waals surface area contributed by atoms with E-state index >= 15 is 0 Å². The number of thiol groups is 4. The van der Waals surface area contributed by atoms with E-state index in [-0.39, 0.29) is 0 Å². The largest absolute Gasteiger partial charge is 0.248 e. The van der Waals surface area contributed by atoms with Gasteiger partial charge >= 0.3 is 0 Å². The van der Waals surface area contributed by atoms with Gasteiger partial charge in [-0.25, -0.2) is 4.21 Å². The Morgan fingerprint density at radius 2 is 1.55 bits per heavy atom. The maximum atomic E-state index is 10.5. The van der Waals surface area contributed by atoms with E-state index in [1.165, 1.54) is 10.8 Å².